The number of aliphatic carboxylic acids is 1. The molecule has 2 amide bonds. The molecule has 0 saturated heterocycles. The first kappa shape index (κ1) is 19.2. The van der Waals surface area contributed by atoms with Gasteiger partial charge in [0.05, 0.1) is 6.54 Å². The zero-order chi connectivity index (χ0) is 19.1. The summed E-state index contributed by atoms with van der Waals surface area (Å²) >= 11 is 0. The van der Waals surface area contributed by atoms with Gasteiger partial charge in [0.15, 0.2) is 0 Å². The van der Waals surface area contributed by atoms with E-state index in [9.17, 15) is 19.5 Å². The predicted octanol–water partition coefficient (Wildman–Crippen LogP) is 0.983. The summed E-state index contributed by atoms with van der Waals surface area (Å²) in [7, 11) is 0. The lowest BCUT2D eigenvalue weighted by molar-refractivity contribution is -0.141. The molecule has 2 N–H and O–H groups in total. The van der Waals surface area contributed by atoms with E-state index in [1.54, 1.807) is 23.0 Å². The maximum atomic E-state index is 12.7. The number of benzene rings is 1. The molecule has 1 aromatic heterocycles. The Morgan fingerprint density at radius 2 is 1.96 bits per heavy atom. The Kier molecular flexibility index (Phi) is 6.48. The van der Waals surface area contributed by atoms with Crippen LogP contribution in [0.25, 0.3) is 0 Å². The standard InChI is InChI=1S/C18H22N4O4/c1-13(18(25)26)22(11-9-19-14(2)23)17(24)16-6-4-15(5-7-16)12-21-10-3-8-20-21/h3-8,10,13H,9,11-12H2,1-2H3,(H,19,23)(H,25,26). The highest BCUT2D eigenvalue weighted by Crippen LogP contribution is 2.11. The second-order valence-electron chi connectivity index (χ2n) is 5.90. The van der Waals surface area contributed by atoms with E-state index >= 15 is 0 Å². The van der Waals surface area contributed by atoms with E-state index in [1.807, 2.05) is 24.4 Å². The van der Waals surface area contributed by atoms with E-state index in [0.717, 1.165) is 5.56 Å². The van der Waals surface area contributed by atoms with E-state index in [2.05, 4.69) is 10.4 Å². The van der Waals surface area contributed by atoms with Gasteiger partial charge >= 0.3 is 5.97 Å². The maximum absolute atomic E-state index is 12.7. The van der Waals surface area contributed by atoms with Gasteiger partial charge < -0.3 is 15.3 Å². The number of nitrogens with zero attached hydrogens (tertiary/aromatic N) is 3. The summed E-state index contributed by atoms with van der Waals surface area (Å²) in [4.78, 5) is 36.3. The van der Waals surface area contributed by atoms with Crippen LogP contribution >= 0.6 is 0 Å². The average molecular weight is 358 g/mol. The first-order valence-corrected chi connectivity index (χ1v) is 8.23. The number of carboxylic acids is 1. The molecule has 1 aromatic carbocycles. The smallest absolute Gasteiger partial charge is 0.326 e. The molecule has 138 valence electrons. The normalized spacial score (nSPS) is 11.6. The SMILES string of the molecule is CC(=O)NCCN(C(=O)c1ccc(Cn2cccn2)cc1)C(C)C(=O)O. The highest BCUT2D eigenvalue weighted by Gasteiger charge is 2.26. The van der Waals surface area contributed by atoms with E-state index in [0.29, 0.717) is 12.1 Å². The Morgan fingerprint density at radius 1 is 1.27 bits per heavy atom. The number of hydrogen-bond acceptors (Lipinski definition) is 4. The van der Waals surface area contributed by atoms with Crippen molar-refractivity contribution in [1.82, 2.24) is 20.0 Å². The molecular formula is C18H22N4O4. The highest BCUT2D eigenvalue weighted by molar-refractivity contribution is 5.96. The van der Waals surface area contributed by atoms with Crippen LogP contribution in [-0.2, 0) is 16.1 Å². The summed E-state index contributed by atoms with van der Waals surface area (Å²) in [5, 5.41) is 16.0. The Labute approximate surface area is 151 Å². The molecule has 0 aliphatic heterocycles. The molecule has 0 spiro atoms. The average Bonchev–Trinajstić information content (AvgIpc) is 3.11. The molecule has 0 saturated carbocycles. The number of carboxylic acid groups (broad SMARTS) is 1. The van der Waals surface area contributed by atoms with Gasteiger partial charge in [-0.25, -0.2) is 4.79 Å². The molecule has 8 nitrogen and oxygen atoms in total. The van der Waals surface area contributed by atoms with E-state index in [-0.39, 0.29) is 19.0 Å². The minimum absolute atomic E-state index is 0.112. The van der Waals surface area contributed by atoms with Crippen LogP contribution in [0.3, 0.4) is 0 Å². The van der Waals surface area contributed by atoms with Crippen molar-refractivity contribution in [1.29, 1.82) is 0 Å². The number of carbonyl (C=O) groups excluding carboxylic acids is 2. The minimum Gasteiger partial charge on any atom is -0.480 e. The van der Waals surface area contributed by atoms with Crippen LogP contribution in [0, 0.1) is 0 Å². The fourth-order valence-electron chi connectivity index (χ4n) is 2.46. The Hall–Kier alpha value is -3.16. The van der Waals surface area contributed by atoms with Gasteiger partial charge in [0.25, 0.3) is 5.91 Å². The third kappa shape index (κ3) is 5.17. The van der Waals surface area contributed by atoms with Crippen LogP contribution < -0.4 is 5.32 Å². The van der Waals surface area contributed by atoms with E-state index in [4.69, 9.17) is 0 Å². The predicted molar refractivity (Wildman–Crippen MR) is 94.6 cm³/mol. The first-order valence-electron chi connectivity index (χ1n) is 8.23. The zero-order valence-electron chi connectivity index (χ0n) is 14.8. The third-order valence-electron chi connectivity index (χ3n) is 3.92. The molecule has 0 aliphatic carbocycles. The largest absolute Gasteiger partial charge is 0.480 e. The number of carbonyl (C=O) groups is 3. The van der Waals surface area contributed by atoms with Crippen LogP contribution in [0.15, 0.2) is 42.7 Å². The van der Waals surface area contributed by atoms with Gasteiger partial charge in [-0.3, -0.25) is 14.3 Å². The summed E-state index contributed by atoms with van der Waals surface area (Å²) in [6, 6.07) is 7.79. The van der Waals surface area contributed by atoms with Crippen LogP contribution in [0.5, 0.6) is 0 Å². The van der Waals surface area contributed by atoms with Gasteiger partial charge in [0, 0.05) is 38.0 Å². The van der Waals surface area contributed by atoms with Gasteiger partial charge in [0.1, 0.15) is 6.04 Å². The van der Waals surface area contributed by atoms with Crippen LogP contribution in [-0.4, -0.2) is 56.7 Å². The first-order chi connectivity index (χ1) is 12.4. The number of hydrogen-bond donors (Lipinski definition) is 2. The van der Waals surface area contributed by atoms with Gasteiger partial charge in [-0.15, -0.1) is 0 Å². The lowest BCUT2D eigenvalue weighted by atomic mass is 10.1. The summed E-state index contributed by atoms with van der Waals surface area (Å²) < 4.78 is 1.77. The van der Waals surface area contributed by atoms with Crippen molar-refractivity contribution in [3.8, 4) is 0 Å². The summed E-state index contributed by atoms with van der Waals surface area (Å²) in [5.41, 5.74) is 1.37. The fraction of sp³-hybridized carbons (Fsp3) is 0.333. The van der Waals surface area contributed by atoms with Gasteiger partial charge in [-0.05, 0) is 30.7 Å². The Bertz CT molecular complexity index is 756. The van der Waals surface area contributed by atoms with Crippen molar-refractivity contribution < 1.29 is 19.5 Å². The molecule has 2 rings (SSSR count). The quantitative estimate of drug-likeness (QED) is 0.732. The molecule has 1 heterocycles. The number of rotatable bonds is 8. The Balaban J connectivity index is 2.10. The molecule has 0 radical (unpaired) electrons. The van der Waals surface area contributed by atoms with Gasteiger partial charge in [-0.1, -0.05) is 12.1 Å². The highest BCUT2D eigenvalue weighted by atomic mass is 16.4. The van der Waals surface area contributed by atoms with Gasteiger partial charge in [0.2, 0.25) is 5.91 Å². The minimum atomic E-state index is -1.10. The van der Waals surface area contributed by atoms with E-state index < -0.39 is 17.9 Å². The molecular weight excluding hydrogens is 336 g/mol. The molecule has 0 aliphatic rings. The lowest BCUT2D eigenvalue weighted by Crippen LogP contribution is -2.46. The van der Waals surface area contributed by atoms with Crippen molar-refractivity contribution in [2.75, 3.05) is 13.1 Å². The molecule has 1 atom stereocenters. The number of aromatic nitrogens is 2. The summed E-state index contributed by atoms with van der Waals surface area (Å²) in [5.74, 6) is -1.73. The zero-order valence-corrected chi connectivity index (χ0v) is 14.8. The van der Waals surface area contributed by atoms with Crippen molar-refractivity contribution in [2.24, 2.45) is 0 Å². The fourth-order valence-corrected chi connectivity index (χ4v) is 2.46. The molecule has 1 unspecified atom stereocenters. The molecule has 8 heteroatoms. The van der Waals surface area contributed by atoms with E-state index in [1.165, 1.54) is 18.7 Å². The molecule has 2 aromatic rings. The van der Waals surface area contributed by atoms with Gasteiger partial charge in [-0.2, -0.15) is 5.10 Å². The topological polar surface area (TPSA) is 105 Å². The number of nitrogens with one attached hydrogen (secondary N) is 1. The molecule has 0 fully saturated rings. The lowest BCUT2D eigenvalue weighted by Gasteiger charge is -2.26. The maximum Gasteiger partial charge on any atom is 0.326 e. The summed E-state index contributed by atoms with van der Waals surface area (Å²) in [6.07, 6.45) is 3.54. The monoisotopic (exact) mass is 358 g/mol. The van der Waals surface area contributed by atoms with Crippen LogP contribution in [0.4, 0.5) is 0 Å². The van der Waals surface area contributed by atoms with Crippen molar-refractivity contribution >= 4 is 17.8 Å². The third-order valence-corrected chi connectivity index (χ3v) is 3.92. The van der Waals surface area contributed by atoms with Crippen LogP contribution in [0.2, 0.25) is 0 Å². The molecule has 26 heavy (non-hydrogen) atoms. The van der Waals surface area contributed by atoms with Crippen LogP contribution in [0.1, 0.15) is 29.8 Å². The second kappa shape index (κ2) is 8.80. The van der Waals surface area contributed by atoms with Crippen molar-refractivity contribution in [2.45, 2.75) is 26.4 Å². The summed E-state index contributed by atoms with van der Waals surface area (Å²) in [6.45, 7) is 3.70. The van der Waals surface area contributed by atoms with Crippen molar-refractivity contribution in [3.63, 3.8) is 0 Å². The Morgan fingerprint density at radius 3 is 2.50 bits per heavy atom. The van der Waals surface area contributed by atoms with Crippen molar-refractivity contribution in [3.05, 3.63) is 53.9 Å². The molecule has 0 bridgehead atoms. The number of amides is 2. The second-order valence-corrected chi connectivity index (χ2v) is 5.90.